The highest BCUT2D eigenvalue weighted by Crippen LogP contribution is 2.35. The van der Waals surface area contributed by atoms with E-state index in [9.17, 15) is 4.79 Å². The molecule has 0 N–H and O–H groups in total. The number of rotatable bonds is 5. The van der Waals surface area contributed by atoms with Crippen LogP contribution in [-0.4, -0.2) is 10.8 Å². The van der Waals surface area contributed by atoms with Gasteiger partial charge >= 0.3 is 0 Å². The van der Waals surface area contributed by atoms with Gasteiger partial charge < -0.3 is 0 Å². The molecule has 0 spiro atoms. The maximum atomic E-state index is 12.7. The fourth-order valence-electron chi connectivity index (χ4n) is 2.17. The molecule has 112 valence electrons. The average Bonchev–Trinajstić information content (AvgIpc) is 3.10. The summed E-state index contributed by atoms with van der Waals surface area (Å²) >= 11 is 2.36. The molecule has 1 unspecified atom stereocenters. The zero-order chi connectivity index (χ0) is 16.1. The Hall–Kier alpha value is -2.42. The molecule has 0 saturated carbocycles. The molecule has 3 aromatic rings. The van der Waals surface area contributed by atoms with Gasteiger partial charge in [-0.25, -0.2) is 4.98 Å². The molecule has 0 aliphatic rings. The second-order valence-electron chi connectivity index (χ2n) is 4.76. The molecule has 1 aromatic heterocycles. The Bertz CT molecular complexity index is 838. The summed E-state index contributed by atoms with van der Waals surface area (Å²) < 4.78 is 0. The number of thiazole rings is 1. The van der Waals surface area contributed by atoms with E-state index in [0.29, 0.717) is 10.6 Å². The van der Waals surface area contributed by atoms with Gasteiger partial charge in [0.2, 0.25) is 0 Å². The van der Waals surface area contributed by atoms with E-state index < -0.39 is 5.25 Å². The van der Waals surface area contributed by atoms with Gasteiger partial charge in [-0.15, -0.1) is 11.3 Å². The highest BCUT2D eigenvalue weighted by molar-refractivity contribution is 8.04. The van der Waals surface area contributed by atoms with Crippen LogP contribution in [0.2, 0.25) is 0 Å². The number of ketones is 1. The number of nitriles is 1. The Morgan fingerprint density at radius 1 is 1.09 bits per heavy atom. The Kier molecular flexibility index (Phi) is 4.86. The number of carbonyl (C=O) groups excluding carboxylic acids is 1. The van der Waals surface area contributed by atoms with E-state index in [4.69, 9.17) is 5.26 Å². The molecular formula is C18H12N2OS2. The molecular weight excluding hydrogens is 324 g/mol. The van der Waals surface area contributed by atoms with E-state index in [2.05, 4.69) is 4.98 Å². The molecule has 0 amide bonds. The van der Waals surface area contributed by atoms with Crippen LogP contribution in [0.5, 0.6) is 0 Å². The lowest BCUT2D eigenvalue weighted by Gasteiger charge is -2.08. The smallest absolute Gasteiger partial charge is 0.183 e. The summed E-state index contributed by atoms with van der Waals surface area (Å²) in [6.45, 7) is 0. The monoisotopic (exact) mass is 336 g/mol. The van der Waals surface area contributed by atoms with Crippen LogP contribution in [-0.2, 0) is 0 Å². The number of Topliss-reactive ketones (excluding diaryl/α,β-unsaturated/α-hetero) is 1. The molecule has 3 nitrogen and oxygen atoms in total. The first-order valence-electron chi connectivity index (χ1n) is 6.94. The molecule has 1 heterocycles. The Morgan fingerprint density at radius 3 is 2.39 bits per heavy atom. The standard InChI is InChI=1S/C18H12N2OS2/c19-12-23-17(16(21)14-9-5-2-6-10-14)18-20-15(11-22-18)13-7-3-1-4-8-13/h1-11,17H. The third-order valence-corrected chi connectivity index (χ3v) is 5.12. The van der Waals surface area contributed by atoms with Crippen molar-refractivity contribution in [2.24, 2.45) is 0 Å². The predicted octanol–water partition coefficient (Wildman–Crippen LogP) is 4.95. The van der Waals surface area contributed by atoms with Crippen LogP contribution >= 0.6 is 23.1 Å². The molecule has 1 atom stereocenters. The normalized spacial score (nSPS) is 11.6. The Morgan fingerprint density at radius 2 is 1.74 bits per heavy atom. The van der Waals surface area contributed by atoms with Crippen molar-refractivity contribution >= 4 is 28.9 Å². The lowest BCUT2D eigenvalue weighted by atomic mass is 10.1. The summed E-state index contributed by atoms with van der Waals surface area (Å²) in [4.78, 5) is 17.2. The van der Waals surface area contributed by atoms with Crippen molar-refractivity contribution in [3.05, 3.63) is 76.6 Å². The summed E-state index contributed by atoms with van der Waals surface area (Å²) in [5, 5.41) is 13.1. The van der Waals surface area contributed by atoms with Crippen LogP contribution < -0.4 is 0 Å². The molecule has 0 fully saturated rings. The quantitative estimate of drug-likeness (QED) is 0.489. The molecule has 0 aliphatic heterocycles. The van der Waals surface area contributed by atoms with Crippen molar-refractivity contribution in [2.75, 3.05) is 0 Å². The first-order chi connectivity index (χ1) is 11.3. The minimum absolute atomic E-state index is 0.0916. The van der Waals surface area contributed by atoms with Gasteiger partial charge in [-0.2, -0.15) is 5.26 Å². The molecule has 5 heteroatoms. The van der Waals surface area contributed by atoms with Gasteiger partial charge in [-0.3, -0.25) is 4.79 Å². The molecule has 2 aromatic carbocycles. The van der Waals surface area contributed by atoms with Crippen molar-refractivity contribution in [1.29, 1.82) is 5.26 Å². The zero-order valence-electron chi connectivity index (χ0n) is 12.0. The van der Waals surface area contributed by atoms with Crippen molar-refractivity contribution in [3.63, 3.8) is 0 Å². The minimum atomic E-state index is -0.593. The van der Waals surface area contributed by atoms with Crippen LogP contribution in [0.3, 0.4) is 0 Å². The molecule has 3 rings (SSSR count). The third-order valence-electron chi connectivity index (χ3n) is 3.28. The number of nitrogens with zero attached hydrogens (tertiary/aromatic N) is 2. The number of hydrogen-bond acceptors (Lipinski definition) is 5. The van der Waals surface area contributed by atoms with E-state index in [0.717, 1.165) is 23.0 Å². The fourth-order valence-corrected chi connectivity index (χ4v) is 3.79. The van der Waals surface area contributed by atoms with Crippen LogP contribution in [0, 0.1) is 10.7 Å². The first kappa shape index (κ1) is 15.5. The Labute approximate surface area is 142 Å². The molecule has 0 bridgehead atoms. The van der Waals surface area contributed by atoms with Crippen LogP contribution in [0.1, 0.15) is 20.6 Å². The van der Waals surface area contributed by atoms with Crippen LogP contribution in [0.4, 0.5) is 0 Å². The predicted molar refractivity (Wildman–Crippen MR) is 94.3 cm³/mol. The maximum Gasteiger partial charge on any atom is 0.183 e. The first-order valence-corrected chi connectivity index (χ1v) is 8.70. The minimum Gasteiger partial charge on any atom is -0.292 e. The SMILES string of the molecule is N#CSC(C(=O)c1ccccc1)c1nc(-c2ccccc2)cs1. The van der Waals surface area contributed by atoms with Gasteiger partial charge in [0.1, 0.15) is 15.7 Å². The van der Waals surface area contributed by atoms with Gasteiger partial charge in [0.05, 0.1) is 5.69 Å². The molecule has 0 radical (unpaired) electrons. The summed E-state index contributed by atoms with van der Waals surface area (Å²) in [7, 11) is 0. The second-order valence-corrected chi connectivity index (χ2v) is 6.54. The lowest BCUT2D eigenvalue weighted by Crippen LogP contribution is -2.09. The van der Waals surface area contributed by atoms with Crippen molar-refractivity contribution in [1.82, 2.24) is 4.98 Å². The fraction of sp³-hybridized carbons (Fsp3) is 0.0556. The number of hydrogen-bond donors (Lipinski definition) is 0. The van der Waals surface area contributed by atoms with Crippen molar-refractivity contribution in [2.45, 2.75) is 5.25 Å². The maximum absolute atomic E-state index is 12.7. The zero-order valence-corrected chi connectivity index (χ0v) is 13.7. The van der Waals surface area contributed by atoms with Gasteiger partial charge in [0.25, 0.3) is 0 Å². The average molecular weight is 336 g/mol. The second kappa shape index (κ2) is 7.23. The van der Waals surface area contributed by atoms with E-state index in [1.807, 2.05) is 59.3 Å². The van der Waals surface area contributed by atoms with E-state index in [1.54, 1.807) is 12.1 Å². The number of benzene rings is 2. The number of thioether (sulfide) groups is 1. The Balaban J connectivity index is 1.92. The van der Waals surface area contributed by atoms with Crippen molar-refractivity contribution < 1.29 is 4.79 Å². The van der Waals surface area contributed by atoms with E-state index in [1.165, 1.54) is 11.3 Å². The highest BCUT2D eigenvalue weighted by Gasteiger charge is 2.26. The number of carbonyl (C=O) groups is 1. The van der Waals surface area contributed by atoms with Crippen LogP contribution in [0.15, 0.2) is 66.0 Å². The summed E-state index contributed by atoms with van der Waals surface area (Å²) in [6.07, 6.45) is 0. The third kappa shape index (κ3) is 3.50. The summed E-state index contributed by atoms with van der Waals surface area (Å²) in [5.41, 5.74) is 2.43. The largest absolute Gasteiger partial charge is 0.292 e. The molecule has 23 heavy (non-hydrogen) atoms. The lowest BCUT2D eigenvalue weighted by molar-refractivity contribution is 0.0989. The van der Waals surface area contributed by atoms with Gasteiger partial charge in [0.15, 0.2) is 5.78 Å². The van der Waals surface area contributed by atoms with Gasteiger partial charge in [0, 0.05) is 16.5 Å². The topological polar surface area (TPSA) is 53.8 Å². The number of thiocyanates is 1. The van der Waals surface area contributed by atoms with Crippen LogP contribution in [0.25, 0.3) is 11.3 Å². The summed E-state index contributed by atoms with van der Waals surface area (Å²) in [5.74, 6) is -0.0916. The van der Waals surface area contributed by atoms with Crippen molar-refractivity contribution in [3.8, 4) is 16.7 Å². The number of aromatic nitrogens is 1. The van der Waals surface area contributed by atoms with Gasteiger partial charge in [-0.05, 0) is 11.8 Å². The van der Waals surface area contributed by atoms with E-state index >= 15 is 0 Å². The van der Waals surface area contributed by atoms with E-state index in [-0.39, 0.29) is 5.78 Å². The molecule has 0 aliphatic carbocycles. The molecule has 0 saturated heterocycles. The summed E-state index contributed by atoms with van der Waals surface area (Å²) in [6, 6.07) is 18.8. The highest BCUT2D eigenvalue weighted by atomic mass is 32.2. The van der Waals surface area contributed by atoms with Gasteiger partial charge in [-0.1, -0.05) is 60.7 Å².